The van der Waals surface area contributed by atoms with E-state index < -0.39 is 6.10 Å². The molecular weight excluding hydrogens is 1010 g/mol. The number of hydrogen-bond acceptors (Lipinski definition) is 6. The maximum atomic E-state index is 12.9. The molecule has 82 heavy (non-hydrogen) atoms. The van der Waals surface area contributed by atoms with E-state index in [-0.39, 0.29) is 31.1 Å². The van der Waals surface area contributed by atoms with Gasteiger partial charge in [0, 0.05) is 19.3 Å². The standard InChI is InChI=1S/C76H140O6/c1-4-7-10-13-16-19-22-25-28-29-30-31-32-33-34-35-36-37-38-39-40-41-42-43-44-45-46-47-49-51-54-57-60-63-66-69-75(78)81-72-73(71-80-74(77)68-65-62-59-56-53-50-27-24-21-18-15-12-9-6-3)82-76(79)70-67-64-61-58-55-52-48-26-23-20-17-14-11-8-5-2/h7,10,16,19,25,28,30-31,73H,4-6,8-9,11-15,17-18,20-24,26-27,29,32-72H2,1-3H3/b10-7-,19-16-,28-25-,31-30-. The van der Waals surface area contributed by atoms with E-state index in [1.54, 1.807) is 0 Å². The third-order valence-corrected chi connectivity index (χ3v) is 16.6. The first-order valence-electron chi connectivity index (χ1n) is 36.6. The molecule has 0 saturated heterocycles. The molecule has 0 rings (SSSR count). The Morgan fingerprint density at radius 2 is 0.476 bits per heavy atom. The Balaban J connectivity index is 4.06. The highest BCUT2D eigenvalue weighted by molar-refractivity contribution is 5.71. The first kappa shape index (κ1) is 79.4. The van der Waals surface area contributed by atoms with Crippen LogP contribution in [0.25, 0.3) is 0 Å². The van der Waals surface area contributed by atoms with Crippen molar-refractivity contribution in [3.05, 3.63) is 48.6 Å². The summed E-state index contributed by atoms with van der Waals surface area (Å²) >= 11 is 0. The van der Waals surface area contributed by atoms with Gasteiger partial charge in [0.05, 0.1) is 0 Å². The predicted octanol–water partition coefficient (Wildman–Crippen LogP) is 25.3. The Kier molecular flexibility index (Phi) is 68.6. The predicted molar refractivity (Wildman–Crippen MR) is 358 cm³/mol. The molecule has 0 aliphatic carbocycles. The molecule has 6 heteroatoms. The minimum atomic E-state index is -0.767. The van der Waals surface area contributed by atoms with Gasteiger partial charge in [-0.1, -0.05) is 371 Å². The number of ether oxygens (including phenoxy) is 3. The molecule has 0 bridgehead atoms. The number of rotatable bonds is 68. The van der Waals surface area contributed by atoms with Crippen molar-refractivity contribution in [1.29, 1.82) is 0 Å². The number of esters is 3. The molecule has 0 radical (unpaired) electrons. The highest BCUT2D eigenvalue weighted by atomic mass is 16.6. The number of allylic oxidation sites excluding steroid dienone is 8. The van der Waals surface area contributed by atoms with Gasteiger partial charge in [-0.2, -0.15) is 0 Å². The van der Waals surface area contributed by atoms with Gasteiger partial charge < -0.3 is 14.2 Å². The van der Waals surface area contributed by atoms with Crippen molar-refractivity contribution < 1.29 is 28.6 Å². The van der Waals surface area contributed by atoms with Crippen LogP contribution in [0.1, 0.15) is 400 Å². The van der Waals surface area contributed by atoms with Crippen LogP contribution in [0.3, 0.4) is 0 Å². The van der Waals surface area contributed by atoms with Crippen molar-refractivity contribution in [3.8, 4) is 0 Å². The molecule has 0 saturated carbocycles. The summed E-state index contributed by atoms with van der Waals surface area (Å²) in [7, 11) is 0. The maximum absolute atomic E-state index is 12.9. The number of unbranched alkanes of at least 4 members (excludes halogenated alkanes) is 49. The van der Waals surface area contributed by atoms with Crippen molar-refractivity contribution in [1.82, 2.24) is 0 Å². The number of carbonyl (C=O) groups is 3. The molecule has 0 aromatic rings. The van der Waals surface area contributed by atoms with Gasteiger partial charge in [0.15, 0.2) is 6.10 Å². The van der Waals surface area contributed by atoms with Crippen LogP contribution in [0.4, 0.5) is 0 Å². The molecule has 0 amide bonds. The van der Waals surface area contributed by atoms with Gasteiger partial charge in [0.25, 0.3) is 0 Å². The van der Waals surface area contributed by atoms with E-state index in [1.807, 2.05) is 0 Å². The second-order valence-corrected chi connectivity index (χ2v) is 24.8. The molecule has 1 atom stereocenters. The minimum Gasteiger partial charge on any atom is -0.462 e. The second kappa shape index (κ2) is 70.9. The lowest BCUT2D eigenvalue weighted by Gasteiger charge is -2.18. The van der Waals surface area contributed by atoms with Gasteiger partial charge in [-0.25, -0.2) is 0 Å². The molecule has 1 unspecified atom stereocenters. The van der Waals surface area contributed by atoms with Crippen molar-refractivity contribution in [2.75, 3.05) is 13.2 Å². The lowest BCUT2D eigenvalue weighted by Crippen LogP contribution is -2.30. The Hall–Kier alpha value is -2.63. The van der Waals surface area contributed by atoms with E-state index >= 15 is 0 Å². The zero-order valence-corrected chi connectivity index (χ0v) is 55.3. The van der Waals surface area contributed by atoms with Crippen molar-refractivity contribution >= 4 is 17.9 Å². The van der Waals surface area contributed by atoms with Crippen LogP contribution in [0.5, 0.6) is 0 Å². The van der Waals surface area contributed by atoms with Crippen molar-refractivity contribution in [2.24, 2.45) is 0 Å². The first-order chi connectivity index (χ1) is 40.5. The SMILES string of the molecule is CC/C=C\C/C=C\C/C=C\C/C=C\CCCCCCCCCCCCCCCCCCCCCCCCC(=O)OCC(COC(=O)CCCCCCCCCCCCCCCC)OC(=O)CCCCCCCCCCCCCCCCC. The molecule has 0 spiro atoms. The largest absolute Gasteiger partial charge is 0.462 e. The average molecular weight is 1150 g/mol. The van der Waals surface area contributed by atoms with Crippen LogP contribution in [0, 0.1) is 0 Å². The number of carbonyl (C=O) groups excluding carboxylic acids is 3. The Morgan fingerprint density at radius 1 is 0.256 bits per heavy atom. The van der Waals surface area contributed by atoms with Crippen LogP contribution in [0.15, 0.2) is 48.6 Å². The van der Waals surface area contributed by atoms with Crippen molar-refractivity contribution in [3.63, 3.8) is 0 Å². The topological polar surface area (TPSA) is 78.9 Å². The molecular formula is C76H140O6. The molecule has 0 aliphatic heterocycles. The summed E-state index contributed by atoms with van der Waals surface area (Å²) in [6.07, 6.45) is 90.2. The second-order valence-electron chi connectivity index (χ2n) is 24.8. The molecule has 0 fully saturated rings. The Labute approximate surface area is 511 Å². The minimum absolute atomic E-state index is 0.0638. The lowest BCUT2D eigenvalue weighted by molar-refractivity contribution is -0.167. The van der Waals surface area contributed by atoms with Crippen LogP contribution in [-0.4, -0.2) is 37.2 Å². The Bertz CT molecular complexity index is 1410. The van der Waals surface area contributed by atoms with Gasteiger partial charge in [0.2, 0.25) is 0 Å². The third kappa shape index (κ3) is 68.2. The van der Waals surface area contributed by atoms with E-state index in [4.69, 9.17) is 14.2 Å². The quantitative estimate of drug-likeness (QED) is 0.0261. The van der Waals surface area contributed by atoms with Gasteiger partial charge in [0.1, 0.15) is 13.2 Å². The fourth-order valence-corrected chi connectivity index (χ4v) is 11.1. The fourth-order valence-electron chi connectivity index (χ4n) is 11.1. The lowest BCUT2D eigenvalue weighted by atomic mass is 10.0. The summed E-state index contributed by atoms with van der Waals surface area (Å²) in [6.45, 7) is 6.60. The molecule has 480 valence electrons. The molecule has 0 aromatic heterocycles. The summed E-state index contributed by atoms with van der Waals surface area (Å²) in [6, 6.07) is 0. The van der Waals surface area contributed by atoms with E-state index in [1.165, 1.54) is 276 Å². The van der Waals surface area contributed by atoms with E-state index in [2.05, 4.69) is 69.4 Å². The van der Waals surface area contributed by atoms with Crippen molar-refractivity contribution in [2.45, 2.75) is 406 Å². The van der Waals surface area contributed by atoms with E-state index in [0.717, 1.165) is 83.5 Å². The first-order valence-corrected chi connectivity index (χ1v) is 36.6. The normalized spacial score (nSPS) is 12.3. The summed E-state index contributed by atoms with van der Waals surface area (Å²) < 4.78 is 17.0. The highest BCUT2D eigenvalue weighted by Crippen LogP contribution is 2.19. The van der Waals surface area contributed by atoms with E-state index in [9.17, 15) is 14.4 Å². The van der Waals surface area contributed by atoms with Gasteiger partial charge in [-0.05, 0) is 57.8 Å². The smallest absolute Gasteiger partial charge is 0.306 e. The zero-order valence-electron chi connectivity index (χ0n) is 55.3. The Morgan fingerprint density at radius 3 is 0.744 bits per heavy atom. The van der Waals surface area contributed by atoms with Gasteiger partial charge in [-0.15, -0.1) is 0 Å². The fraction of sp³-hybridized carbons (Fsp3) is 0.855. The molecule has 0 heterocycles. The van der Waals surface area contributed by atoms with Crippen LogP contribution in [-0.2, 0) is 28.6 Å². The summed E-state index contributed by atoms with van der Waals surface area (Å²) in [5.41, 5.74) is 0. The van der Waals surface area contributed by atoms with Crippen LogP contribution in [0.2, 0.25) is 0 Å². The van der Waals surface area contributed by atoms with Gasteiger partial charge >= 0.3 is 17.9 Å². The monoisotopic (exact) mass is 1150 g/mol. The summed E-state index contributed by atoms with van der Waals surface area (Å²) in [5.74, 6) is -0.831. The van der Waals surface area contributed by atoms with Crippen LogP contribution >= 0.6 is 0 Å². The molecule has 0 N–H and O–H groups in total. The molecule has 6 nitrogen and oxygen atoms in total. The van der Waals surface area contributed by atoms with Crippen LogP contribution < -0.4 is 0 Å². The summed E-state index contributed by atoms with van der Waals surface area (Å²) in [5, 5.41) is 0. The molecule has 0 aromatic carbocycles. The van der Waals surface area contributed by atoms with Gasteiger partial charge in [-0.3, -0.25) is 14.4 Å². The summed E-state index contributed by atoms with van der Waals surface area (Å²) in [4.78, 5) is 38.4. The number of hydrogen-bond donors (Lipinski definition) is 0. The third-order valence-electron chi connectivity index (χ3n) is 16.6. The maximum Gasteiger partial charge on any atom is 0.306 e. The molecule has 0 aliphatic rings. The highest BCUT2D eigenvalue weighted by Gasteiger charge is 2.19. The van der Waals surface area contributed by atoms with E-state index in [0.29, 0.717) is 19.3 Å². The average Bonchev–Trinajstić information content (AvgIpc) is 3.48. The zero-order chi connectivity index (χ0) is 59.2.